The summed E-state index contributed by atoms with van der Waals surface area (Å²) in [6.07, 6.45) is 1.43. The molecule has 0 aromatic heterocycles. The molecule has 0 heterocycles. The molecule has 3 rings (SSSR count). The maximum atomic E-state index is 12.2. The fourth-order valence-electron chi connectivity index (χ4n) is 2.34. The van der Waals surface area contributed by atoms with Gasteiger partial charge in [0.2, 0.25) is 0 Å². The van der Waals surface area contributed by atoms with Crippen LogP contribution >= 0.6 is 39.1 Å². The molecule has 0 saturated carbocycles. The molecule has 3 aromatic carbocycles. The first-order valence-corrected chi connectivity index (χ1v) is 9.93. The van der Waals surface area contributed by atoms with Crippen molar-refractivity contribution >= 4 is 62.8 Å². The Bertz CT molecular complexity index is 1070. The molecule has 0 aliphatic heterocycles. The van der Waals surface area contributed by atoms with Crippen molar-refractivity contribution in [1.29, 1.82) is 0 Å². The minimum absolute atomic E-state index is 0.237. The van der Waals surface area contributed by atoms with Crippen LogP contribution in [-0.2, 0) is 0 Å². The second-order valence-electron chi connectivity index (χ2n) is 5.90. The van der Waals surface area contributed by atoms with E-state index in [1.807, 2.05) is 0 Å². The summed E-state index contributed by atoms with van der Waals surface area (Å²) in [5.74, 6) is -0.628. The summed E-state index contributed by atoms with van der Waals surface area (Å²) >= 11 is 15.2. The largest absolute Gasteiger partial charge is 0.322 e. The second-order valence-corrected chi connectivity index (χ2v) is 7.66. The maximum Gasteiger partial charge on any atom is 0.271 e. The van der Waals surface area contributed by atoms with Crippen LogP contribution < -0.4 is 10.7 Å². The van der Waals surface area contributed by atoms with Gasteiger partial charge in [0.1, 0.15) is 0 Å². The average Bonchev–Trinajstić information content (AvgIpc) is 2.70. The lowest BCUT2D eigenvalue weighted by molar-refractivity contribution is 0.0954. The Morgan fingerprint density at radius 3 is 2.14 bits per heavy atom. The van der Waals surface area contributed by atoms with Crippen molar-refractivity contribution in [2.24, 2.45) is 5.10 Å². The highest BCUT2D eigenvalue weighted by Crippen LogP contribution is 2.19. The highest BCUT2D eigenvalue weighted by molar-refractivity contribution is 9.10. The molecule has 0 aliphatic carbocycles. The van der Waals surface area contributed by atoms with Gasteiger partial charge in [-0.1, -0.05) is 45.2 Å². The third kappa shape index (κ3) is 5.90. The third-order valence-corrected chi connectivity index (χ3v) is 4.93. The fourth-order valence-corrected chi connectivity index (χ4v) is 3.06. The number of hydrazone groups is 1. The van der Waals surface area contributed by atoms with Crippen LogP contribution in [0.4, 0.5) is 5.69 Å². The van der Waals surface area contributed by atoms with E-state index in [-0.39, 0.29) is 5.91 Å². The van der Waals surface area contributed by atoms with Crippen LogP contribution in [0.5, 0.6) is 0 Å². The first-order chi connectivity index (χ1) is 13.9. The van der Waals surface area contributed by atoms with E-state index in [2.05, 4.69) is 31.8 Å². The van der Waals surface area contributed by atoms with Crippen LogP contribution in [0.15, 0.2) is 76.3 Å². The van der Waals surface area contributed by atoms with E-state index in [4.69, 9.17) is 23.2 Å². The monoisotopic (exact) mass is 489 g/mol. The van der Waals surface area contributed by atoms with Gasteiger partial charge in [-0.25, -0.2) is 5.43 Å². The van der Waals surface area contributed by atoms with Crippen LogP contribution in [-0.4, -0.2) is 18.0 Å². The van der Waals surface area contributed by atoms with Gasteiger partial charge in [0, 0.05) is 31.9 Å². The smallest absolute Gasteiger partial charge is 0.271 e. The van der Waals surface area contributed by atoms with Gasteiger partial charge >= 0.3 is 0 Å². The van der Waals surface area contributed by atoms with Gasteiger partial charge in [0.25, 0.3) is 11.8 Å². The lowest BCUT2D eigenvalue weighted by Gasteiger charge is -2.06. The topological polar surface area (TPSA) is 70.6 Å². The van der Waals surface area contributed by atoms with E-state index < -0.39 is 5.91 Å². The number of hydrogen-bond acceptors (Lipinski definition) is 3. The molecule has 0 unspecified atom stereocenters. The van der Waals surface area contributed by atoms with Crippen molar-refractivity contribution in [2.75, 3.05) is 5.32 Å². The van der Waals surface area contributed by atoms with Gasteiger partial charge < -0.3 is 5.32 Å². The molecule has 3 aromatic rings. The number of carbonyl (C=O) groups is 2. The number of nitrogens with zero attached hydrogens (tertiary/aromatic N) is 1. The predicted molar refractivity (Wildman–Crippen MR) is 120 cm³/mol. The Morgan fingerprint density at radius 2 is 1.48 bits per heavy atom. The van der Waals surface area contributed by atoms with Crippen molar-refractivity contribution in [2.45, 2.75) is 0 Å². The standard InChI is InChI=1S/C21H14BrCl2N3O2/c22-16-6-1-13(2-7-16)20(28)26-18-9-4-14(5-10-18)21(29)27-25-12-15-3-8-17(23)11-19(15)24/h1-12H,(H,26,28)(H,27,29)/b25-12-. The second kappa shape index (κ2) is 9.69. The zero-order valence-electron chi connectivity index (χ0n) is 14.8. The summed E-state index contributed by atoms with van der Waals surface area (Å²) in [6.45, 7) is 0. The fraction of sp³-hybridized carbons (Fsp3) is 0. The summed E-state index contributed by atoms with van der Waals surface area (Å²) in [6, 6.07) is 18.5. The summed E-state index contributed by atoms with van der Waals surface area (Å²) in [5.41, 5.74) is 4.56. The van der Waals surface area contributed by atoms with Gasteiger partial charge in [-0.2, -0.15) is 5.10 Å². The molecule has 0 fully saturated rings. The van der Waals surface area contributed by atoms with Crippen LogP contribution in [0.25, 0.3) is 0 Å². The molecule has 0 saturated heterocycles. The molecule has 0 atom stereocenters. The Morgan fingerprint density at radius 1 is 0.862 bits per heavy atom. The number of carbonyl (C=O) groups excluding carboxylic acids is 2. The Balaban J connectivity index is 1.59. The van der Waals surface area contributed by atoms with Crippen molar-refractivity contribution < 1.29 is 9.59 Å². The molecule has 29 heavy (non-hydrogen) atoms. The summed E-state index contributed by atoms with van der Waals surface area (Å²) < 4.78 is 0.894. The van der Waals surface area contributed by atoms with E-state index in [1.54, 1.807) is 66.7 Å². The van der Waals surface area contributed by atoms with E-state index in [0.29, 0.717) is 32.4 Å². The predicted octanol–water partition coefficient (Wildman–Crippen LogP) is 5.77. The van der Waals surface area contributed by atoms with Crippen molar-refractivity contribution in [3.05, 3.63) is 97.9 Å². The minimum Gasteiger partial charge on any atom is -0.322 e. The highest BCUT2D eigenvalue weighted by atomic mass is 79.9. The molecule has 0 aliphatic rings. The number of anilines is 1. The Labute approximate surface area is 185 Å². The molecule has 0 spiro atoms. The van der Waals surface area contributed by atoms with E-state index >= 15 is 0 Å². The lowest BCUT2D eigenvalue weighted by atomic mass is 10.1. The molecule has 0 radical (unpaired) electrons. The van der Waals surface area contributed by atoms with Crippen LogP contribution in [0.2, 0.25) is 10.0 Å². The zero-order chi connectivity index (χ0) is 20.8. The van der Waals surface area contributed by atoms with Gasteiger partial charge in [-0.05, 0) is 60.7 Å². The molecule has 2 N–H and O–H groups in total. The lowest BCUT2D eigenvalue weighted by Crippen LogP contribution is -2.18. The zero-order valence-corrected chi connectivity index (χ0v) is 17.9. The van der Waals surface area contributed by atoms with Gasteiger partial charge in [-0.3, -0.25) is 9.59 Å². The highest BCUT2D eigenvalue weighted by Gasteiger charge is 2.08. The summed E-state index contributed by atoms with van der Waals surface area (Å²) in [5, 5.41) is 7.63. The SMILES string of the molecule is O=C(N/N=C\c1ccc(Cl)cc1Cl)c1ccc(NC(=O)c2ccc(Br)cc2)cc1. The van der Waals surface area contributed by atoms with Crippen molar-refractivity contribution in [1.82, 2.24) is 5.43 Å². The third-order valence-electron chi connectivity index (χ3n) is 3.84. The van der Waals surface area contributed by atoms with E-state index in [0.717, 1.165) is 4.47 Å². The summed E-state index contributed by atoms with van der Waals surface area (Å²) in [7, 11) is 0. The van der Waals surface area contributed by atoms with Crippen molar-refractivity contribution in [3.8, 4) is 0 Å². The first-order valence-electron chi connectivity index (χ1n) is 8.38. The van der Waals surface area contributed by atoms with Gasteiger partial charge in [0.15, 0.2) is 0 Å². The number of amides is 2. The number of halogens is 3. The Kier molecular flexibility index (Phi) is 7.04. The van der Waals surface area contributed by atoms with Crippen LogP contribution in [0.1, 0.15) is 26.3 Å². The van der Waals surface area contributed by atoms with Gasteiger partial charge in [0.05, 0.1) is 11.2 Å². The van der Waals surface area contributed by atoms with Crippen LogP contribution in [0.3, 0.4) is 0 Å². The molecular weight excluding hydrogens is 477 g/mol. The average molecular weight is 491 g/mol. The molecule has 2 amide bonds. The molecule has 8 heteroatoms. The number of hydrogen-bond donors (Lipinski definition) is 2. The van der Waals surface area contributed by atoms with Gasteiger partial charge in [-0.15, -0.1) is 0 Å². The Hall–Kier alpha value is -2.67. The molecule has 146 valence electrons. The quantitative estimate of drug-likeness (QED) is 0.352. The van der Waals surface area contributed by atoms with E-state index in [1.165, 1.54) is 6.21 Å². The molecule has 5 nitrogen and oxygen atoms in total. The maximum absolute atomic E-state index is 12.2. The van der Waals surface area contributed by atoms with Crippen molar-refractivity contribution in [3.63, 3.8) is 0 Å². The number of benzene rings is 3. The van der Waals surface area contributed by atoms with Crippen LogP contribution in [0, 0.1) is 0 Å². The number of nitrogens with one attached hydrogen (secondary N) is 2. The minimum atomic E-state index is -0.392. The normalized spacial score (nSPS) is 10.7. The summed E-state index contributed by atoms with van der Waals surface area (Å²) in [4.78, 5) is 24.4. The molecular formula is C21H14BrCl2N3O2. The first kappa shape index (κ1) is 21.0. The number of rotatable bonds is 5. The van der Waals surface area contributed by atoms with E-state index in [9.17, 15) is 9.59 Å². The molecule has 0 bridgehead atoms.